The Morgan fingerprint density at radius 2 is 2.00 bits per heavy atom. The first-order chi connectivity index (χ1) is 16.6. The smallest absolute Gasteiger partial charge is 0.256 e. The molecule has 7 heteroatoms. The lowest BCUT2D eigenvalue weighted by Gasteiger charge is -2.30. The predicted molar refractivity (Wildman–Crippen MR) is 125 cm³/mol. The number of nitrogens with zero attached hydrogens (tertiary/aromatic N) is 2. The first-order valence-electron chi connectivity index (χ1n) is 11.2. The second-order valence-electron chi connectivity index (χ2n) is 8.58. The van der Waals surface area contributed by atoms with Gasteiger partial charge in [0.05, 0.1) is 19.2 Å². The maximum atomic E-state index is 13.7. The van der Waals surface area contributed by atoms with E-state index in [-0.39, 0.29) is 18.5 Å². The first-order valence-corrected chi connectivity index (χ1v) is 11.2. The van der Waals surface area contributed by atoms with Gasteiger partial charge in [0.15, 0.2) is 11.5 Å². The molecule has 3 heterocycles. The molecule has 1 amide bonds. The lowest BCUT2D eigenvalue weighted by atomic mass is 9.97. The number of fused-ring (bicyclic) bond motifs is 3. The van der Waals surface area contributed by atoms with Crippen molar-refractivity contribution in [3.63, 3.8) is 0 Å². The molecule has 4 aromatic rings. The minimum Gasteiger partial charge on any atom is -0.492 e. The zero-order chi connectivity index (χ0) is 23.2. The van der Waals surface area contributed by atoms with Crippen LogP contribution in [0.1, 0.15) is 27.0 Å². The van der Waals surface area contributed by atoms with Gasteiger partial charge in [-0.3, -0.25) is 4.79 Å². The van der Waals surface area contributed by atoms with E-state index in [0.29, 0.717) is 48.9 Å². The van der Waals surface area contributed by atoms with Crippen LogP contribution in [0.4, 0.5) is 4.39 Å². The van der Waals surface area contributed by atoms with E-state index in [1.807, 2.05) is 52.1 Å². The largest absolute Gasteiger partial charge is 0.492 e. The van der Waals surface area contributed by atoms with E-state index in [1.54, 1.807) is 13.2 Å². The van der Waals surface area contributed by atoms with Crippen molar-refractivity contribution in [2.45, 2.75) is 19.5 Å². The number of hydrogen-bond donors (Lipinski definition) is 0. The van der Waals surface area contributed by atoms with Crippen LogP contribution < -0.4 is 14.2 Å². The van der Waals surface area contributed by atoms with E-state index < -0.39 is 0 Å². The van der Waals surface area contributed by atoms with Crippen molar-refractivity contribution in [2.75, 3.05) is 20.4 Å². The number of hydrogen-bond acceptors (Lipinski definition) is 4. The van der Waals surface area contributed by atoms with Gasteiger partial charge in [0.1, 0.15) is 5.82 Å². The fourth-order valence-corrected chi connectivity index (χ4v) is 4.96. The number of aromatic nitrogens is 1. The van der Waals surface area contributed by atoms with Crippen molar-refractivity contribution in [2.24, 2.45) is 0 Å². The van der Waals surface area contributed by atoms with Crippen molar-refractivity contribution >= 4 is 16.8 Å². The second-order valence-corrected chi connectivity index (χ2v) is 8.58. The Balaban J connectivity index is 1.35. The molecule has 0 atom stereocenters. The van der Waals surface area contributed by atoms with Crippen LogP contribution in [0.3, 0.4) is 0 Å². The molecule has 1 aromatic heterocycles. The van der Waals surface area contributed by atoms with Gasteiger partial charge in [-0.15, -0.1) is 0 Å². The molecular weight excluding hydrogens is 435 g/mol. The van der Waals surface area contributed by atoms with Gasteiger partial charge in [-0.25, -0.2) is 4.39 Å². The summed E-state index contributed by atoms with van der Waals surface area (Å²) >= 11 is 0. The third-order valence-electron chi connectivity index (χ3n) is 6.57. The molecule has 2 aliphatic heterocycles. The van der Waals surface area contributed by atoms with E-state index in [2.05, 4.69) is 0 Å². The minimum absolute atomic E-state index is 0.0421. The molecule has 0 N–H and O–H groups in total. The molecule has 2 aliphatic rings. The summed E-state index contributed by atoms with van der Waals surface area (Å²) in [6.07, 6.45) is 2.58. The van der Waals surface area contributed by atoms with Crippen molar-refractivity contribution in [3.05, 3.63) is 88.9 Å². The first kappa shape index (κ1) is 20.6. The van der Waals surface area contributed by atoms with E-state index in [0.717, 1.165) is 27.6 Å². The topological polar surface area (TPSA) is 52.9 Å². The van der Waals surface area contributed by atoms with Crippen LogP contribution in [0.25, 0.3) is 10.9 Å². The highest BCUT2D eigenvalue weighted by Gasteiger charge is 2.31. The number of amides is 1. The normalized spacial score (nSPS) is 14.4. The molecule has 172 valence electrons. The SMILES string of the molecule is COc1c2c(cc3c1OCO3)CCN(C(=O)c1cn(Cc3cccc(F)c3)c3ccccc13)C2. The summed E-state index contributed by atoms with van der Waals surface area (Å²) in [4.78, 5) is 15.6. The average Bonchev–Trinajstić information content (AvgIpc) is 3.46. The van der Waals surface area contributed by atoms with Crippen molar-refractivity contribution in [1.82, 2.24) is 9.47 Å². The number of ether oxygens (including phenoxy) is 3. The number of carbonyl (C=O) groups is 1. The summed E-state index contributed by atoms with van der Waals surface area (Å²) in [5.74, 6) is 1.61. The summed E-state index contributed by atoms with van der Waals surface area (Å²) in [6, 6.07) is 16.4. The Bertz CT molecular complexity index is 1430. The highest BCUT2D eigenvalue weighted by Crippen LogP contribution is 2.46. The third-order valence-corrected chi connectivity index (χ3v) is 6.57. The molecule has 6 rings (SSSR count). The van der Waals surface area contributed by atoms with Crippen LogP contribution in [0.5, 0.6) is 17.2 Å². The van der Waals surface area contributed by atoms with E-state index in [1.165, 1.54) is 12.1 Å². The molecule has 0 aliphatic carbocycles. The summed E-state index contributed by atoms with van der Waals surface area (Å²) in [7, 11) is 1.61. The summed E-state index contributed by atoms with van der Waals surface area (Å²) in [5.41, 5.74) is 4.48. The zero-order valence-corrected chi connectivity index (χ0v) is 18.7. The number of methoxy groups -OCH3 is 1. The third kappa shape index (κ3) is 3.36. The van der Waals surface area contributed by atoms with Crippen LogP contribution in [0.15, 0.2) is 60.8 Å². The minimum atomic E-state index is -0.271. The van der Waals surface area contributed by atoms with E-state index in [4.69, 9.17) is 14.2 Å². The Hall–Kier alpha value is -4.00. The monoisotopic (exact) mass is 458 g/mol. The summed E-state index contributed by atoms with van der Waals surface area (Å²) in [5, 5.41) is 0.882. The van der Waals surface area contributed by atoms with Crippen LogP contribution in [-0.2, 0) is 19.5 Å². The number of halogens is 1. The summed E-state index contributed by atoms with van der Waals surface area (Å²) in [6.45, 7) is 1.67. The molecular formula is C27H23FN2O4. The molecule has 0 radical (unpaired) electrons. The highest BCUT2D eigenvalue weighted by atomic mass is 19.1. The van der Waals surface area contributed by atoms with Crippen LogP contribution >= 0.6 is 0 Å². The lowest BCUT2D eigenvalue weighted by molar-refractivity contribution is 0.0734. The highest BCUT2D eigenvalue weighted by molar-refractivity contribution is 6.07. The number of carbonyl (C=O) groups excluding carboxylic acids is 1. The fourth-order valence-electron chi connectivity index (χ4n) is 4.96. The van der Waals surface area contributed by atoms with Crippen LogP contribution in [-0.4, -0.2) is 35.8 Å². The Kier molecular flexibility index (Phi) is 4.90. The predicted octanol–water partition coefficient (Wildman–Crippen LogP) is 4.76. The molecule has 0 bridgehead atoms. The molecule has 0 saturated heterocycles. The standard InChI is InChI=1S/C27H23FN2O4/c1-32-25-21-14-29(10-9-18(21)12-24-26(25)34-16-33-24)27(31)22-15-30(23-8-3-2-7-20(22)23)13-17-5-4-6-19(28)11-17/h2-8,11-12,15H,9-10,13-14,16H2,1H3. The van der Waals surface area contributed by atoms with Gasteiger partial charge in [-0.2, -0.15) is 0 Å². The molecule has 0 saturated carbocycles. The van der Waals surface area contributed by atoms with E-state index in [9.17, 15) is 9.18 Å². The molecule has 0 fully saturated rings. The number of para-hydroxylation sites is 1. The van der Waals surface area contributed by atoms with Gasteiger partial charge in [0, 0.05) is 35.8 Å². The van der Waals surface area contributed by atoms with Crippen molar-refractivity contribution in [1.29, 1.82) is 0 Å². The van der Waals surface area contributed by atoms with Crippen LogP contribution in [0, 0.1) is 5.82 Å². The number of benzene rings is 3. The average molecular weight is 458 g/mol. The molecule has 34 heavy (non-hydrogen) atoms. The number of rotatable bonds is 4. The van der Waals surface area contributed by atoms with Gasteiger partial charge in [-0.1, -0.05) is 30.3 Å². The molecule has 3 aromatic carbocycles. The van der Waals surface area contributed by atoms with Gasteiger partial charge >= 0.3 is 0 Å². The van der Waals surface area contributed by atoms with Gasteiger partial charge < -0.3 is 23.7 Å². The quantitative estimate of drug-likeness (QED) is 0.442. The van der Waals surface area contributed by atoms with Gasteiger partial charge in [0.2, 0.25) is 12.5 Å². The van der Waals surface area contributed by atoms with Crippen molar-refractivity contribution < 1.29 is 23.4 Å². The molecule has 0 spiro atoms. The Morgan fingerprint density at radius 3 is 2.85 bits per heavy atom. The van der Waals surface area contributed by atoms with Gasteiger partial charge in [0.25, 0.3) is 5.91 Å². The maximum Gasteiger partial charge on any atom is 0.256 e. The van der Waals surface area contributed by atoms with Crippen molar-refractivity contribution in [3.8, 4) is 17.2 Å². The lowest BCUT2D eigenvalue weighted by Crippen LogP contribution is -2.36. The zero-order valence-electron chi connectivity index (χ0n) is 18.7. The van der Waals surface area contributed by atoms with Gasteiger partial charge in [-0.05, 0) is 41.8 Å². The fraction of sp³-hybridized carbons (Fsp3) is 0.222. The maximum absolute atomic E-state index is 13.7. The Morgan fingerprint density at radius 1 is 1.12 bits per heavy atom. The molecule has 0 unspecified atom stereocenters. The second kappa shape index (κ2) is 8.09. The molecule has 6 nitrogen and oxygen atoms in total. The van der Waals surface area contributed by atoms with E-state index >= 15 is 0 Å². The Labute approximate surface area is 196 Å². The van der Waals surface area contributed by atoms with Crippen LogP contribution in [0.2, 0.25) is 0 Å². The summed E-state index contributed by atoms with van der Waals surface area (Å²) < 4.78 is 32.6.